The molecule has 1 spiro atoms. The van der Waals surface area contributed by atoms with Gasteiger partial charge in [-0.3, -0.25) is 0 Å². The van der Waals surface area contributed by atoms with Gasteiger partial charge in [-0.25, -0.2) is 0 Å². The number of aromatic nitrogens is 2. The minimum absolute atomic E-state index is 0.201. The monoisotopic (exact) mass is 530 g/mol. The Morgan fingerprint density at radius 1 is 0.902 bits per heavy atom. The number of furan rings is 1. The minimum atomic E-state index is -0.201. The highest BCUT2D eigenvalue weighted by Crippen LogP contribution is 2.71. The Labute approximate surface area is 239 Å². The maximum atomic E-state index is 6.97. The van der Waals surface area contributed by atoms with Gasteiger partial charge in [0.1, 0.15) is 17.1 Å². The molecule has 3 nitrogen and oxygen atoms in total. The maximum absolute atomic E-state index is 6.97. The zero-order valence-corrected chi connectivity index (χ0v) is 23.5. The number of hydrogen-bond acceptors (Lipinski definition) is 1. The molecule has 0 bridgehead atoms. The zero-order chi connectivity index (χ0) is 27.2. The molecule has 3 heteroatoms. The molecule has 0 radical (unpaired) electrons. The summed E-state index contributed by atoms with van der Waals surface area (Å²) in [7, 11) is 0. The van der Waals surface area contributed by atoms with Crippen LogP contribution in [0.5, 0.6) is 0 Å². The quantitative estimate of drug-likeness (QED) is 0.198. The van der Waals surface area contributed by atoms with Gasteiger partial charge < -0.3 is 4.42 Å². The first-order chi connectivity index (χ1) is 20.1. The van der Waals surface area contributed by atoms with E-state index < -0.39 is 0 Å². The molecule has 5 heterocycles. The van der Waals surface area contributed by atoms with E-state index >= 15 is 0 Å². The van der Waals surface area contributed by atoms with Crippen molar-refractivity contribution in [3.63, 3.8) is 0 Å². The fraction of sp³-hybridized carbons (Fsp3) is 0.211. The fourth-order valence-corrected chi connectivity index (χ4v) is 8.82. The van der Waals surface area contributed by atoms with E-state index in [9.17, 15) is 0 Å². The molecular weight excluding hydrogens is 500 g/mol. The van der Waals surface area contributed by atoms with Crippen LogP contribution in [0, 0.1) is 6.92 Å². The molecule has 10 rings (SSSR count). The summed E-state index contributed by atoms with van der Waals surface area (Å²) in [5.41, 5.74) is 15.3. The van der Waals surface area contributed by atoms with Crippen molar-refractivity contribution in [1.29, 1.82) is 0 Å². The first-order valence-electron chi connectivity index (χ1n) is 14.9. The predicted molar refractivity (Wildman–Crippen MR) is 162 cm³/mol. The van der Waals surface area contributed by atoms with Gasteiger partial charge in [0.15, 0.2) is 12.4 Å². The molecule has 6 aromatic rings. The third kappa shape index (κ3) is 2.45. The Hall–Kier alpha value is -4.50. The summed E-state index contributed by atoms with van der Waals surface area (Å²) in [6, 6.07) is 27.8. The lowest BCUT2D eigenvalue weighted by atomic mass is 9.92. The molecule has 41 heavy (non-hydrogen) atoms. The van der Waals surface area contributed by atoms with E-state index in [1.807, 2.05) is 0 Å². The Bertz CT molecular complexity index is 2150. The average molecular weight is 531 g/mol. The molecule has 1 fully saturated rings. The number of allylic oxidation sites excluding steroid dienone is 1. The fourth-order valence-electron chi connectivity index (χ4n) is 8.82. The SMILES string of the molecule is Cc1c[n+]2c(cc1C(C)C)-c1c(ccc3c1oc1c4c(ccc13)CC=C4)C21C2c3ccccc3-c3cccc[n+]3C21. The van der Waals surface area contributed by atoms with Crippen LogP contribution >= 0.6 is 0 Å². The molecule has 2 aliphatic carbocycles. The van der Waals surface area contributed by atoms with E-state index in [-0.39, 0.29) is 5.54 Å². The highest BCUT2D eigenvalue weighted by Gasteiger charge is 2.86. The molecule has 0 N–H and O–H groups in total. The van der Waals surface area contributed by atoms with E-state index in [1.54, 1.807) is 0 Å². The normalized spacial score (nSPS) is 22.1. The lowest BCUT2D eigenvalue weighted by Crippen LogP contribution is -2.51. The molecular formula is C38H30N2O+2. The van der Waals surface area contributed by atoms with Crippen molar-refractivity contribution in [2.24, 2.45) is 0 Å². The average Bonchev–Trinajstić information content (AvgIpc) is 3.24. The first kappa shape index (κ1) is 22.2. The molecule has 3 aromatic carbocycles. The summed E-state index contributed by atoms with van der Waals surface area (Å²) in [5, 5.41) is 2.43. The summed E-state index contributed by atoms with van der Waals surface area (Å²) in [6.45, 7) is 6.90. The molecule has 3 atom stereocenters. The topological polar surface area (TPSA) is 20.9 Å². The summed E-state index contributed by atoms with van der Waals surface area (Å²) in [6.07, 6.45) is 10.2. The second kappa shape index (κ2) is 7.22. The van der Waals surface area contributed by atoms with Crippen molar-refractivity contribution in [1.82, 2.24) is 0 Å². The van der Waals surface area contributed by atoms with E-state index in [1.165, 1.54) is 66.7 Å². The summed E-state index contributed by atoms with van der Waals surface area (Å²) in [4.78, 5) is 0. The van der Waals surface area contributed by atoms with Crippen LogP contribution in [-0.2, 0) is 12.0 Å². The van der Waals surface area contributed by atoms with Gasteiger partial charge >= 0.3 is 0 Å². The van der Waals surface area contributed by atoms with E-state index in [4.69, 9.17) is 4.42 Å². The van der Waals surface area contributed by atoms with Crippen LogP contribution in [0.15, 0.2) is 95.7 Å². The first-order valence-corrected chi connectivity index (χ1v) is 14.9. The number of aryl methyl sites for hydroxylation is 1. The molecule has 4 aliphatic rings. The van der Waals surface area contributed by atoms with Gasteiger partial charge in [0, 0.05) is 45.7 Å². The van der Waals surface area contributed by atoms with Gasteiger partial charge in [-0.05, 0) is 54.2 Å². The molecule has 3 unspecified atom stereocenters. The van der Waals surface area contributed by atoms with Gasteiger partial charge in [0.2, 0.25) is 17.4 Å². The number of nitrogens with zero attached hydrogens (tertiary/aromatic N) is 2. The van der Waals surface area contributed by atoms with Gasteiger partial charge in [0.25, 0.3) is 5.54 Å². The van der Waals surface area contributed by atoms with Crippen molar-refractivity contribution in [2.45, 2.75) is 50.6 Å². The number of benzene rings is 3. The zero-order valence-electron chi connectivity index (χ0n) is 23.5. The molecule has 3 aromatic heterocycles. The van der Waals surface area contributed by atoms with Crippen molar-refractivity contribution in [2.75, 3.05) is 0 Å². The minimum Gasteiger partial charge on any atom is -0.455 e. The van der Waals surface area contributed by atoms with Crippen LogP contribution in [-0.4, -0.2) is 0 Å². The van der Waals surface area contributed by atoms with E-state index in [0.717, 1.165) is 17.6 Å². The Morgan fingerprint density at radius 2 is 1.73 bits per heavy atom. The molecule has 2 aliphatic heterocycles. The number of fused-ring (bicyclic) bond motifs is 19. The van der Waals surface area contributed by atoms with Crippen LogP contribution in [0.25, 0.3) is 50.5 Å². The summed E-state index contributed by atoms with van der Waals surface area (Å²) in [5.74, 6) is 0.795. The van der Waals surface area contributed by atoms with Crippen molar-refractivity contribution < 1.29 is 13.6 Å². The van der Waals surface area contributed by atoms with Crippen LogP contribution in [0.2, 0.25) is 0 Å². The number of hydrogen-bond donors (Lipinski definition) is 0. The second-order valence-electron chi connectivity index (χ2n) is 12.7. The summed E-state index contributed by atoms with van der Waals surface area (Å²) >= 11 is 0. The smallest absolute Gasteiger partial charge is 0.269 e. The third-order valence-electron chi connectivity index (χ3n) is 10.5. The van der Waals surface area contributed by atoms with Gasteiger partial charge in [-0.1, -0.05) is 62.4 Å². The standard InChI is InChI=1S/C38H30N2O/c1-21(2)29-19-32-33-30(17-16-28-27-15-14-23-9-8-12-24(23)35(27)41-36(28)33)38(40(32)20-22(29)3)34-26-11-5-4-10-25(26)31-13-6-7-18-39(31)37(34)38/h4-8,10-21,34,37H,9H2,1-3H3/q+2. The largest absolute Gasteiger partial charge is 0.455 e. The number of pyridine rings is 2. The molecule has 0 amide bonds. The van der Waals surface area contributed by atoms with Gasteiger partial charge in [-0.15, -0.1) is 0 Å². The molecule has 0 saturated heterocycles. The predicted octanol–water partition coefficient (Wildman–Crippen LogP) is 7.91. The maximum Gasteiger partial charge on any atom is 0.269 e. The van der Waals surface area contributed by atoms with Crippen molar-refractivity contribution >= 4 is 28.0 Å². The van der Waals surface area contributed by atoms with Crippen molar-refractivity contribution in [3.05, 3.63) is 125 Å². The lowest BCUT2D eigenvalue weighted by molar-refractivity contribution is -0.772. The molecule has 196 valence electrons. The highest BCUT2D eigenvalue weighted by atomic mass is 16.3. The highest BCUT2D eigenvalue weighted by molar-refractivity contribution is 6.12. The van der Waals surface area contributed by atoms with Gasteiger partial charge in [-0.2, -0.15) is 9.13 Å². The van der Waals surface area contributed by atoms with Crippen LogP contribution < -0.4 is 9.13 Å². The van der Waals surface area contributed by atoms with Crippen LogP contribution in [0.4, 0.5) is 0 Å². The van der Waals surface area contributed by atoms with E-state index in [0.29, 0.717) is 17.9 Å². The van der Waals surface area contributed by atoms with Gasteiger partial charge in [0.05, 0.1) is 11.1 Å². The lowest BCUT2D eigenvalue weighted by Gasteiger charge is -2.11. The van der Waals surface area contributed by atoms with Crippen molar-refractivity contribution in [3.8, 4) is 22.5 Å². The third-order valence-corrected chi connectivity index (χ3v) is 10.5. The Balaban J connectivity index is 1.35. The second-order valence-corrected chi connectivity index (χ2v) is 12.7. The molecule has 1 saturated carbocycles. The Morgan fingerprint density at radius 3 is 2.63 bits per heavy atom. The van der Waals surface area contributed by atoms with Crippen LogP contribution in [0.3, 0.4) is 0 Å². The Kier molecular flexibility index (Phi) is 3.91. The van der Waals surface area contributed by atoms with Crippen LogP contribution in [0.1, 0.15) is 65.1 Å². The number of rotatable bonds is 1. The van der Waals surface area contributed by atoms with E-state index in [2.05, 4.69) is 127 Å². The summed E-state index contributed by atoms with van der Waals surface area (Å²) < 4.78 is 12.2.